The van der Waals surface area contributed by atoms with Crippen molar-refractivity contribution in [3.8, 4) is 0 Å². The van der Waals surface area contributed by atoms with Crippen LogP contribution in [0.3, 0.4) is 0 Å². The maximum atomic E-state index is 11.8. The highest BCUT2D eigenvalue weighted by Gasteiger charge is 2.73. The van der Waals surface area contributed by atoms with E-state index in [1.807, 2.05) is 0 Å². The van der Waals surface area contributed by atoms with Crippen molar-refractivity contribution in [3.63, 3.8) is 0 Å². The largest absolute Gasteiger partial charge is 0.389 e. The number of nitrogens with zero attached hydrogens (tertiary/aromatic N) is 1. The molecule has 0 spiro atoms. The summed E-state index contributed by atoms with van der Waals surface area (Å²) in [5.41, 5.74) is 3.81. The smallest absolute Gasteiger partial charge is 0.336 e. The van der Waals surface area contributed by atoms with E-state index >= 15 is 0 Å². The van der Waals surface area contributed by atoms with Crippen molar-refractivity contribution in [2.24, 2.45) is 16.7 Å². The number of hydrogen-bond donors (Lipinski definition) is 2. The van der Waals surface area contributed by atoms with E-state index in [0.717, 1.165) is 50.5 Å². The zero-order valence-electron chi connectivity index (χ0n) is 17.8. The molecular formula is C24H33NO4S. The minimum Gasteiger partial charge on any atom is -0.389 e. The van der Waals surface area contributed by atoms with Gasteiger partial charge in [-0.1, -0.05) is 25.1 Å². The lowest BCUT2D eigenvalue weighted by Crippen LogP contribution is -2.51. The van der Waals surface area contributed by atoms with Gasteiger partial charge >= 0.3 is 10.3 Å². The molecule has 3 saturated carbocycles. The second-order valence-electron chi connectivity index (χ2n) is 11.0. The predicted molar refractivity (Wildman–Crippen MR) is 114 cm³/mol. The monoisotopic (exact) mass is 431 g/mol. The van der Waals surface area contributed by atoms with Gasteiger partial charge in [-0.15, -0.1) is 0 Å². The fourth-order valence-corrected chi connectivity index (χ4v) is 9.80. The van der Waals surface area contributed by atoms with Crippen LogP contribution >= 0.6 is 0 Å². The first-order valence-electron chi connectivity index (χ1n) is 11.8. The van der Waals surface area contributed by atoms with Crippen molar-refractivity contribution in [1.29, 1.82) is 0 Å². The van der Waals surface area contributed by atoms with Crippen molar-refractivity contribution in [2.45, 2.75) is 88.7 Å². The minimum absolute atomic E-state index is 0.0818. The van der Waals surface area contributed by atoms with E-state index in [-0.39, 0.29) is 11.5 Å². The summed E-state index contributed by atoms with van der Waals surface area (Å²) in [5, 5.41) is 11.4. The summed E-state index contributed by atoms with van der Waals surface area (Å²) in [5.74, 6) is 1.23. The third kappa shape index (κ3) is 2.31. The Hall–Kier alpha value is -0.950. The van der Waals surface area contributed by atoms with E-state index in [2.05, 4.69) is 25.1 Å². The molecular weight excluding hydrogens is 398 g/mol. The van der Waals surface area contributed by atoms with Crippen LogP contribution in [-0.2, 0) is 16.7 Å². The maximum Gasteiger partial charge on any atom is 0.336 e. The van der Waals surface area contributed by atoms with E-state index in [0.29, 0.717) is 23.8 Å². The Labute approximate surface area is 179 Å². The fraction of sp³-hybridized carbons (Fsp3) is 0.750. The van der Waals surface area contributed by atoms with Crippen molar-refractivity contribution >= 4 is 10.3 Å². The van der Waals surface area contributed by atoms with Crippen LogP contribution in [0.1, 0.15) is 93.4 Å². The zero-order valence-corrected chi connectivity index (χ0v) is 18.6. The molecule has 4 aliphatic carbocycles. The first-order valence-corrected chi connectivity index (χ1v) is 13.2. The van der Waals surface area contributed by atoms with Crippen LogP contribution in [0.15, 0.2) is 18.2 Å². The molecule has 1 aromatic rings. The Morgan fingerprint density at radius 1 is 1.07 bits per heavy atom. The van der Waals surface area contributed by atoms with E-state index in [1.165, 1.54) is 34.7 Å². The van der Waals surface area contributed by atoms with Crippen LogP contribution in [0.25, 0.3) is 0 Å². The molecule has 1 heterocycles. The van der Waals surface area contributed by atoms with Gasteiger partial charge in [-0.2, -0.15) is 12.7 Å². The third-order valence-electron chi connectivity index (χ3n) is 10.4. The van der Waals surface area contributed by atoms with Gasteiger partial charge in [0.2, 0.25) is 0 Å². The van der Waals surface area contributed by atoms with Gasteiger partial charge in [0.25, 0.3) is 0 Å². The molecule has 1 aromatic carbocycles. The van der Waals surface area contributed by atoms with E-state index in [9.17, 15) is 18.1 Å². The molecule has 1 saturated heterocycles. The number of aliphatic hydroxyl groups is 1. The van der Waals surface area contributed by atoms with Crippen LogP contribution in [0.4, 0.5) is 0 Å². The standard InChI is InChI=1S/C24H33NO4S/c1-22-9-8-19-18-6-4-17(21-3-2-14-25(21)30(27,28)29)15-16(18)5-7-20(19)23(22)10-12-24(22,26)13-11-23/h4,6,15,19-21,26H,2-3,5,7-14H2,1H3,(H,27,28,29)/t19?,20?,21?,22-,23?,24?/m0/s1. The first kappa shape index (κ1) is 19.7. The van der Waals surface area contributed by atoms with Crippen LogP contribution in [-0.4, -0.2) is 34.5 Å². The zero-order chi connectivity index (χ0) is 20.9. The van der Waals surface area contributed by atoms with Crippen LogP contribution < -0.4 is 0 Å². The molecule has 0 aromatic heterocycles. The van der Waals surface area contributed by atoms with Gasteiger partial charge in [-0.25, -0.2) is 0 Å². The molecule has 6 rings (SSSR count). The molecule has 0 amide bonds. The Bertz CT molecular complexity index is 996. The molecule has 0 radical (unpaired) electrons. The lowest BCUT2D eigenvalue weighted by Gasteiger charge is -2.56. The van der Waals surface area contributed by atoms with E-state index < -0.39 is 15.9 Å². The molecule has 4 fully saturated rings. The quantitative estimate of drug-likeness (QED) is 0.682. The summed E-state index contributed by atoms with van der Waals surface area (Å²) in [7, 11) is -4.16. The molecule has 4 atom stereocenters. The minimum atomic E-state index is -4.16. The van der Waals surface area contributed by atoms with Crippen molar-refractivity contribution < 1.29 is 18.1 Å². The normalized spacial score (nSPS) is 45.2. The summed E-state index contributed by atoms with van der Waals surface area (Å²) in [6, 6.07) is 6.36. The van der Waals surface area contributed by atoms with Gasteiger partial charge in [0.1, 0.15) is 0 Å². The molecule has 5 nitrogen and oxygen atoms in total. The topological polar surface area (TPSA) is 77.8 Å². The predicted octanol–water partition coefficient (Wildman–Crippen LogP) is 4.38. The van der Waals surface area contributed by atoms with Gasteiger partial charge in [0, 0.05) is 12.0 Å². The molecule has 3 unspecified atom stereocenters. The highest BCUT2D eigenvalue weighted by atomic mass is 32.2. The van der Waals surface area contributed by atoms with Gasteiger partial charge in [0.05, 0.1) is 11.6 Å². The summed E-state index contributed by atoms with van der Waals surface area (Å²) in [6.07, 6.45) is 10.4. The number of benzene rings is 1. The van der Waals surface area contributed by atoms with Crippen LogP contribution in [0.5, 0.6) is 0 Å². The van der Waals surface area contributed by atoms with E-state index in [1.54, 1.807) is 0 Å². The summed E-state index contributed by atoms with van der Waals surface area (Å²) < 4.78 is 34.4. The fourth-order valence-electron chi connectivity index (χ4n) is 8.89. The van der Waals surface area contributed by atoms with Gasteiger partial charge in [-0.05, 0) is 98.1 Å². The average Bonchev–Trinajstić information content (AvgIpc) is 3.35. The Morgan fingerprint density at radius 2 is 1.83 bits per heavy atom. The molecule has 2 bridgehead atoms. The van der Waals surface area contributed by atoms with Gasteiger partial charge < -0.3 is 5.11 Å². The number of rotatable bonds is 2. The SMILES string of the molecule is C[C@]12CCC3c4ccc(C5CCCN5S(=O)(=O)O)cc4CCC3C13CCC2(O)CC3. The van der Waals surface area contributed by atoms with Crippen LogP contribution in [0, 0.1) is 16.7 Å². The molecule has 5 aliphatic rings. The first-order chi connectivity index (χ1) is 14.2. The van der Waals surface area contributed by atoms with E-state index in [4.69, 9.17) is 0 Å². The summed E-state index contributed by atoms with van der Waals surface area (Å²) in [4.78, 5) is 0. The number of hydrogen-bond acceptors (Lipinski definition) is 3. The average molecular weight is 432 g/mol. The molecule has 2 N–H and O–H groups in total. The lowest BCUT2D eigenvalue weighted by atomic mass is 9.48. The van der Waals surface area contributed by atoms with Crippen LogP contribution in [0.2, 0.25) is 0 Å². The summed E-state index contributed by atoms with van der Waals surface area (Å²) >= 11 is 0. The van der Waals surface area contributed by atoms with Gasteiger partial charge in [0.15, 0.2) is 0 Å². The second-order valence-corrected chi connectivity index (χ2v) is 12.4. The highest BCUT2D eigenvalue weighted by molar-refractivity contribution is 7.83. The second kappa shape index (κ2) is 6.09. The number of aryl methyl sites for hydroxylation is 1. The maximum absolute atomic E-state index is 11.8. The Morgan fingerprint density at radius 3 is 2.57 bits per heavy atom. The van der Waals surface area contributed by atoms with Gasteiger partial charge in [-0.3, -0.25) is 4.55 Å². The lowest BCUT2D eigenvalue weighted by molar-refractivity contribution is -0.101. The molecule has 1 aliphatic heterocycles. The van der Waals surface area contributed by atoms with Crippen molar-refractivity contribution in [3.05, 3.63) is 34.9 Å². The van der Waals surface area contributed by atoms with Crippen molar-refractivity contribution in [2.75, 3.05) is 6.54 Å². The third-order valence-corrected chi connectivity index (χ3v) is 11.5. The molecule has 164 valence electrons. The highest BCUT2D eigenvalue weighted by Crippen LogP contribution is 2.77. The Balaban J connectivity index is 1.34. The summed E-state index contributed by atoms with van der Waals surface area (Å²) in [6.45, 7) is 2.78. The van der Waals surface area contributed by atoms with Crippen molar-refractivity contribution in [1.82, 2.24) is 4.31 Å². The molecule has 6 heteroatoms. The number of fused-ring (bicyclic) bond motifs is 3. The molecule has 30 heavy (non-hydrogen) atoms. The Kier molecular flexibility index (Phi) is 4.00.